The number of hydrogen-bond donors (Lipinski definition) is 3. The quantitative estimate of drug-likeness (QED) is 0.202. The van der Waals surface area contributed by atoms with Crippen molar-refractivity contribution in [2.45, 2.75) is 71.9 Å². The largest absolute Gasteiger partial charge is 0.492 e. The number of amides is 3. The molecule has 12 heteroatoms. The number of carbonyl (C=O) groups is 4. The highest BCUT2D eigenvalue weighted by atomic mass is 32.1. The second kappa shape index (κ2) is 16.3. The summed E-state index contributed by atoms with van der Waals surface area (Å²) in [6, 6.07) is 12.8. The first kappa shape index (κ1) is 36.0. The first-order valence-electron chi connectivity index (χ1n) is 16.5. The van der Waals surface area contributed by atoms with Crippen molar-refractivity contribution >= 4 is 57.8 Å². The van der Waals surface area contributed by atoms with E-state index in [-0.39, 0.29) is 23.5 Å². The summed E-state index contributed by atoms with van der Waals surface area (Å²) in [5.41, 5.74) is 2.57. The highest BCUT2D eigenvalue weighted by Crippen LogP contribution is 2.31. The van der Waals surface area contributed by atoms with Crippen molar-refractivity contribution in [1.82, 2.24) is 15.1 Å². The number of rotatable bonds is 14. The van der Waals surface area contributed by atoms with Gasteiger partial charge in [0, 0.05) is 62.6 Å². The van der Waals surface area contributed by atoms with Gasteiger partial charge < -0.3 is 20.3 Å². The second-order valence-electron chi connectivity index (χ2n) is 12.6. The first-order valence-corrected chi connectivity index (χ1v) is 16.9. The van der Waals surface area contributed by atoms with E-state index in [2.05, 4.69) is 38.7 Å². The van der Waals surface area contributed by atoms with E-state index < -0.39 is 11.6 Å². The number of nitrogens with zero attached hydrogens (tertiary/aromatic N) is 3. The van der Waals surface area contributed by atoms with E-state index in [0.717, 1.165) is 56.1 Å². The molecule has 0 bridgehead atoms. The zero-order chi connectivity index (χ0) is 34.1. The summed E-state index contributed by atoms with van der Waals surface area (Å²) in [6.07, 6.45) is 1.96. The zero-order valence-corrected chi connectivity index (χ0v) is 29.0. The molecule has 2 aromatic carbocycles. The number of piperidine rings is 1. The Hall–Kier alpha value is -3.87. The van der Waals surface area contributed by atoms with Crippen LogP contribution in [0.15, 0.2) is 42.5 Å². The highest BCUT2D eigenvalue weighted by molar-refractivity contribution is 7.80. The number of anilines is 3. The molecule has 3 amide bonds. The normalized spacial score (nSPS) is 17.5. The van der Waals surface area contributed by atoms with Gasteiger partial charge in [0.05, 0.1) is 17.1 Å². The van der Waals surface area contributed by atoms with Gasteiger partial charge in [-0.3, -0.25) is 34.3 Å². The van der Waals surface area contributed by atoms with Gasteiger partial charge in [-0.2, -0.15) is 0 Å². The molecule has 2 saturated heterocycles. The van der Waals surface area contributed by atoms with Crippen LogP contribution in [0, 0.1) is 0 Å². The van der Waals surface area contributed by atoms with Crippen LogP contribution >= 0.6 is 12.2 Å². The number of benzene rings is 2. The smallest absolute Gasteiger partial charge is 0.249 e. The Morgan fingerprint density at radius 1 is 1.04 bits per heavy atom. The fourth-order valence-corrected chi connectivity index (χ4v) is 6.49. The van der Waals surface area contributed by atoms with E-state index in [4.69, 9.17) is 17.0 Å². The Morgan fingerprint density at radius 3 is 2.40 bits per heavy atom. The topological polar surface area (TPSA) is 123 Å². The van der Waals surface area contributed by atoms with Crippen molar-refractivity contribution in [3.8, 4) is 5.75 Å². The predicted octanol–water partition coefficient (Wildman–Crippen LogP) is 4.01. The minimum atomic E-state index is -0.737. The van der Waals surface area contributed by atoms with Crippen LogP contribution in [0.25, 0.3) is 0 Å². The van der Waals surface area contributed by atoms with Gasteiger partial charge in [0.15, 0.2) is 5.78 Å². The Bertz CT molecular complexity index is 1470. The van der Waals surface area contributed by atoms with Crippen LogP contribution in [0.3, 0.4) is 0 Å². The molecule has 254 valence electrons. The Morgan fingerprint density at radius 2 is 1.74 bits per heavy atom. The first-order chi connectivity index (χ1) is 22.4. The minimum Gasteiger partial charge on any atom is -0.492 e. The third-order valence-electron chi connectivity index (χ3n) is 8.78. The number of aryl methyl sites for hydroxylation is 1. The van der Waals surface area contributed by atoms with E-state index in [1.165, 1.54) is 0 Å². The van der Waals surface area contributed by atoms with Gasteiger partial charge >= 0.3 is 0 Å². The molecule has 2 aliphatic heterocycles. The Labute approximate surface area is 283 Å². The molecule has 0 aliphatic carbocycles. The lowest BCUT2D eigenvalue weighted by Gasteiger charge is -2.38. The van der Waals surface area contributed by atoms with Crippen molar-refractivity contribution in [3.63, 3.8) is 0 Å². The summed E-state index contributed by atoms with van der Waals surface area (Å²) in [4.78, 5) is 56.1. The summed E-state index contributed by atoms with van der Waals surface area (Å²) < 4.78 is 6.23. The fraction of sp³-hybridized carbons (Fsp3) is 0.514. The average molecular weight is 665 g/mol. The minimum absolute atomic E-state index is 0.0969. The molecule has 2 aliphatic rings. The van der Waals surface area contributed by atoms with Crippen molar-refractivity contribution < 1.29 is 23.9 Å². The van der Waals surface area contributed by atoms with Crippen LogP contribution in [-0.2, 0) is 25.6 Å². The highest BCUT2D eigenvalue weighted by Gasteiger charge is 2.35. The summed E-state index contributed by atoms with van der Waals surface area (Å²) in [5.74, 6) is 0.279. The third kappa shape index (κ3) is 9.59. The van der Waals surface area contributed by atoms with Gasteiger partial charge in [-0.15, -0.1) is 0 Å². The van der Waals surface area contributed by atoms with Crippen LogP contribution in [0.5, 0.6) is 5.75 Å². The maximum absolute atomic E-state index is 12.8. The number of imide groups is 1. The van der Waals surface area contributed by atoms with Gasteiger partial charge in [-0.25, -0.2) is 0 Å². The number of hydrogen-bond acceptors (Lipinski definition) is 9. The molecule has 0 spiro atoms. The monoisotopic (exact) mass is 664 g/mol. The number of nitrogens with one attached hydrogen (secondary N) is 3. The average Bonchev–Trinajstić information content (AvgIpc) is 3.03. The van der Waals surface area contributed by atoms with Gasteiger partial charge in [0.1, 0.15) is 18.4 Å². The molecule has 0 saturated carbocycles. The molecule has 47 heavy (non-hydrogen) atoms. The zero-order valence-electron chi connectivity index (χ0n) is 28.2. The summed E-state index contributed by atoms with van der Waals surface area (Å²) >= 11 is 5.56. The van der Waals surface area contributed by atoms with Crippen LogP contribution in [0.2, 0.25) is 0 Å². The third-order valence-corrected chi connectivity index (χ3v) is 8.97. The second-order valence-corrected chi connectivity index (χ2v) is 13.2. The molecule has 2 aromatic rings. The lowest BCUT2D eigenvalue weighted by molar-refractivity contribution is -0.133. The van der Waals surface area contributed by atoms with Gasteiger partial charge in [-0.05, 0) is 75.6 Å². The van der Waals surface area contributed by atoms with E-state index >= 15 is 0 Å². The van der Waals surface area contributed by atoms with Crippen molar-refractivity contribution in [2.24, 2.45) is 0 Å². The maximum atomic E-state index is 12.8. The van der Waals surface area contributed by atoms with E-state index in [0.29, 0.717) is 48.8 Å². The number of ketones is 1. The fourth-order valence-electron chi connectivity index (χ4n) is 6.16. The Kier molecular flexibility index (Phi) is 12.5. The van der Waals surface area contributed by atoms with Crippen molar-refractivity contribution in [1.29, 1.82) is 0 Å². The molecule has 1 unspecified atom stereocenters. The van der Waals surface area contributed by atoms with Gasteiger partial charge in [0.25, 0.3) is 0 Å². The van der Waals surface area contributed by atoms with E-state index in [1.54, 1.807) is 6.07 Å². The Balaban J connectivity index is 1.22. The van der Waals surface area contributed by atoms with Gasteiger partial charge in [0.2, 0.25) is 17.7 Å². The molecule has 2 fully saturated rings. The predicted molar refractivity (Wildman–Crippen MR) is 189 cm³/mol. The number of Topliss-reactive ketones (excluding diaryl/α,β-unsaturated/α-hetero) is 1. The summed E-state index contributed by atoms with van der Waals surface area (Å²) in [5, 5.41) is 8.45. The number of ether oxygens (including phenoxy) is 1. The lowest BCUT2D eigenvalue weighted by atomic mass is 9.93. The lowest BCUT2D eigenvalue weighted by Crippen LogP contribution is -2.52. The molecule has 0 aromatic heterocycles. The van der Waals surface area contributed by atoms with E-state index in [9.17, 15) is 19.2 Å². The molecule has 4 rings (SSSR count). The van der Waals surface area contributed by atoms with Crippen LogP contribution in [0.1, 0.15) is 59.4 Å². The van der Waals surface area contributed by atoms with Crippen LogP contribution in [-0.4, -0.2) is 95.7 Å². The summed E-state index contributed by atoms with van der Waals surface area (Å²) in [7, 11) is 0. The number of piperazine rings is 1. The van der Waals surface area contributed by atoms with Crippen molar-refractivity contribution in [2.75, 3.05) is 61.4 Å². The standard InChI is InChI=1S/C35H48N6O5S/c1-6-25-21-28(41(24(3)47)35(4,5)31(42)7-2)11-13-30(25)46-20-19-39-15-17-40(18-16-39)23-33(44)37-27-10-8-9-26(22-27)36-29-12-14-32(43)38-34(29)45/h8-11,13,21-22,29,36H,6-7,12,14-20,23H2,1-5H3,(H,37,44)(H,38,43,45). The number of thiocarbonyl (C=S) groups is 1. The summed E-state index contributed by atoms with van der Waals surface area (Å²) in [6.45, 7) is 14.5. The van der Waals surface area contributed by atoms with E-state index in [1.807, 2.05) is 62.9 Å². The molecular formula is C35H48N6O5S. The number of carbonyl (C=O) groups excluding carboxylic acids is 4. The maximum Gasteiger partial charge on any atom is 0.249 e. The van der Waals surface area contributed by atoms with Crippen molar-refractivity contribution in [3.05, 3.63) is 48.0 Å². The molecular weight excluding hydrogens is 616 g/mol. The molecule has 11 nitrogen and oxygen atoms in total. The SMILES string of the molecule is CCC(=O)C(C)(C)N(C(C)=S)c1ccc(OCCN2CCN(CC(=O)Nc3cccc(NC4CCC(=O)NC4=O)c3)CC2)c(CC)c1. The molecule has 3 N–H and O–H groups in total. The molecule has 1 atom stereocenters. The molecule has 0 radical (unpaired) electrons. The molecule has 2 heterocycles. The van der Waals surface area contributed by atoms with Crippen LogP contribution < -0.4 is 25.6 Å². The van der Waals surface area contributed by atoms with Crippen LogP contribution in [0.4, 0.5) is 17.1 Å². The van der Waals surface area contributed by atoms with Gasteiger partial charge in [-0.1, -0.05) is 32.1 Å².